The van der Waals surface area contributed by atoms with Crippen molar-refractivity contribution < 1.29 is 4.79 Å². The Balaban J connectivity index is 3.51. The fourth-order valence-corrected chi connectivity index (χ4v) is 1.56. The number of aromatic nitrogens is 2. The molecular formula is C10H12N4O3. The van der Waals surface area contributed by atoms with Gasteiger partial charge >= 0.3 is 5.69 Å². The van der Waals surface area contributed by atoms with Gasteiger partial charge in [0.15, 0.2) is 0 Å². The summed E-state index contributed by atoms with van der Waals surface area (Å²) in [5, 5.41) is 8.69. The first kappa shape index (κ1) is 12.7. The normalized spacial score (nSPS) is 12.1. The minimum Gasteiger partial charge on any atom is -0.368 e. The number of nitrogens with two attached hydrogens (primary N) is 1. The molecule has 0 aliphatic heterocycles. The molecule has 0 aliphatic rings. The van der Waals surface area contributed by atoms with E-state index >= 15 is 0 Å². The molecule has 0 saturated heterocycles. The molecule has 0 radical (unpaired) electrons. The summed E-state index contributed by atoms with van der Waals surface area (Å²) < 4.78 is 0.979. The van der Waals surface area contributed by atoms with Gasteiger partial charge in [0.25, 0.3) is 5.56 Å². The number of aromatic amines is 1. The summed E-state index contributed by atoms with van der Waals surface area (Å²) in [7, 11) is 0. The molecule has 1 atom stereocenters. The maximum absolute atomic E-state index is 11.5. The average Bonchev–Trinajstić information content (AvgIpc) is 2.20. The van der Waals surface area contributed by atoms with Crippen LogP contribution < -0.4 is 17.0 Å². The summed E-state index contributed by atoms with van der Waals surface area (Å²) in [4.78, 5) is 36.0. The number of rotatable bonds is 3. The lowest BCUT2D eigenvalue weighted by atomic mass is 10.0. The number of carbonyl (C=O) groups excluding carboxylic acids is 1. The average molecular weight is 236 g/mol. The van der Waals surface area contributed by atoms with Crippen molar-refractivity contribution in [1.82, 2.24) is 9.55 Å². The number of H-pyrrole nitrogens is 1. The molecule has 1 amide bonds. The Morgan fingerprint density at radius 3 is 2.53 bits per heavy atom. The monoisotopic (exact) mass is 236 g/mol. The Bertz CT molecular complexity index is 591. The molecule has 0 aliphatic carbocycles. The highest BCUT2D eigenvalue weighted by atomic mass is 16.2. The quantitative estimate of drug-likeness (QED) is 0.705. The molecule has 17 heavy (non-hydrogen) atoms. The first-order chi connectivity index (χ1) is 7.88. The van der Waals surface area contributed by atoms with Gasteiger partial charge in [-0.1, -0.05) is 13.8 Å². The summed E-state index contributed by atoms with van der Waals surface area (Å²) in [5.41, 5.74) is 3.42. The Hall–Kier alpha value is -2.36. The van der Waals surface area contributed by atoms with E-state index in [9.17, 15) is 14.4 Å². The van der Waals surface area contributed by atoms with Gasteiger partial charge in [0, 0.05) is 6.20 Å². The molecule has 1 unspecified atom stereocenters. The third-order valence-corrected chi connectivity index (χ3v) is 2.31. The summed E-state index contributed by atoms with van der Waals surface area (Å²) >= 11 is 0. The lowest BCUT2D eigenvalue weighted by Crippen LogP contribution is -2.40. The van der Waals surface area contributed by atoms with E-state index < -0.39 is 23.2 Å². The second-order valence-electron chi connectivity index (χ2n) is 3.91. The van der Waals surface area contributed by atoms with Crippen LogP contribution in [0.25, 0.3) is 0 Å². The molecule has 0 fully saturated rings. The van der Waals surface area contributed by atoms with Gasteiger partial charge in [0.1, 0.15) is 17.7 Å². The van der Waals surface area contributed by atoms with Gasteiger partial charge < -0.3 is 5.73 Å². The number of carbonyl (C=O) groups is 1. The smallest absolute Gasteiger partial charge is 0.329 e. The highest BCUT2D eigenvalue weighted by Gasteiger charge is 2.23. The van der Waals surface area contributed by atoms with E-state index in [0.717, 1.165) is 10.8 Å². The van der Waals surface area contributed by atoms with Crippen molar-refractivity contribution in [3.63, 3.8) is 0 Å². The van der Waals surface area contributed by atoms with Crippen LogP contribution in [0.15, 0.2) is 15.8 Å². The van der Waals surface area contributed by atoms with Crippen LogP contribution in [0.3, 0.4) is 0 Å². The van der Waals surface area contributed by atoms with Crippen molar-refractivity contribution in [1.29, 1.82) is 5.26 Å². The first-order valence-electron chi connectivity index (χ1n) is 4.93. The Labute approximate surface area is 96.5 Å². The maximum atomic E-state index is 11.5. The van der Waals surface area contributed by atoms with E-state index in [4.69, 9.17) is 11.0 Å². The Morgan fingerprint density at radius 1 is 1.53 bits per heavy atom. The van der Waals surface area contributed by atoms with E-state index in [2.05, 4.69) is 0 Å². The van der Waals surface area contributed by atoms with E-state index in [0.29, 0.717) is 0 Å². The lowest BCUT2D eigenvalue weighted by Gasteiger charge is -2.19. The number of nitrogens with one attached hydrogen (secondary N) is 1. The molecule has 1 heterocycles. The highest BCUT2D eigenvalue weighted by Crippen LogP contribution is 2.14. The minimum atomic E-state index is -0.897. The molecule has 90 valence electrons. The summed E-state index contributed by atoms with van der Waals surface area (Å²) in [5.74, 6) is -0.930. The molecule has 3 N–H and O–H groups in total. The van der Waals surface area contributed by atoms with Crippen molar-refractivity contribution in [2.45, 2.75) is 19.9 Å². The SMILES string of the molecule is CC(C)C(C(N)=O)n1cc(C#N)c(=O)[nH]c1=O. The maximum Gasteiger partial charge on any atom is 0.329 e. The van der Waals surface area contributed by atoms with Crippen molar-refractivity contribution >= 4 is 5.91 Å². The number of amides is 1. The van der Waals surface area contributed by atoms with E-state index in [1.54, 1.807) is 19.9 Å². The molecular weight excluding hydrogens is 224 g/mol. The predicted molar refractivity (Wildman–Crippen MR) is 59.1 cm³/mol. The van der Waals surface area contributed by atoms with Crippen LogP contribution >= 0.6 is 0 Å². The van der Waals surface area contributed by atoms with Gasteiger partial charge in [0.05, 0.1) is 0 Å². The fourth-order valence-electron chi connectivity index (χ4n) is 1.56. The van der Waals surface area contributed by atoms with Gasteiger partial charge in [-0.25, -0.2) is 4.79 Å². The van der Waals surface area contributed by atoms with Gasteiger partial charge in [-0.2, -0.15) is 5.26 Å². The number of primary amides is 1. The fraction of sp³-hybridized carbons (Fsp3) is 0.400. The van der Waals surface area contributed by atoms with Crippen molar-refractivity contribution in [3.05, 3.63) is 32.6 Å². The van der Waals surface area contributed by atoms with E-state index in [1.807, 2.05) is 4.98 Å². The van der Waals surface area contributed by atoms with Crippen molar-refractivity contribution in [2.75, 3.05) is 0 Å². The largest absolute Gasteiger partial charge is 0.368 e. The zero-order chi connectivity index (χ0) is 13.2. The van der Waals surface area contributed by atoms with Crippen LogP contribution in [0.2, 0.25) is 0 Å². The Morgan fingerprint density at radius 2 is 2.12 bits per heavy atom. The van der Waals surface area contributed by atoms with Crippen molar-refractivity contribution in [2.24, 2.45) is 11.7 Å². The molecule has 7 nitrogen and oxygen atoms in total. The van der Waals surface area contributed by atoms with Gasteiger partial charge in [-0.15, -0.1) is 0 Å². The standard InChI is InChI=1S/C10H12N4O3/c1-5(2)7(8(12)15)14-4-6(3-11)9(16)13-10(14)17/h4-5,7H,1-2H3,(H2,12,15)(H,13,16,17). The summed E-state index contributed by atoms with van der Waals surface area (Å²) in [6.45, 7) is 3.41. The highest BCUT2D eigenvalue weighted by molar-refractivity contribution is 5.78. The van der Waals surface area contributed by atoms with Crippen LogP contribution in [-0.4, -0.2) is 15.5 Å². The number of hydrogen-bond donors (Lipinski definition) is 2. The second-order valence-corrected chi connectivity index (χ2v) is 3.91. The molecule has 0 bridgehead atoms. The number of nitriles is 1. The Kier molecular flexibility index (Phi) is 3.48. The van der Waals surface area contributed by atoms with Gasteiger partial charge in [0.2, 0.25) is 5.91 Å². The van der Waals surface area contributed by atoms with Crippen LogP contribution in [0.1, 0.15) is 25.5 Å². The van der Waals surface area contributed by atoms with Crippen LogP contribution in [-0.2, 0) is 4.79 Å². The molecule has 0 spiro atoms. The zero-order valence-electron chi connectivity index (χ0n) is 9.43. The molecule has 7 heteroatoms. The molecule has 0 aromatic carbocycles. The zero-order valence-corrected chi connectivity index (χ0v) is 9.43. The van der Waals surface area contributed by atoms with E-state index in [-0.39, 0.29) is 11.5 Å². The molecule has 1 rings (SSSR count). The predicted octanol–water partition coefficient (Wildman–Crippen LogP) is -0.909. The van der Waals surface area contributed by atoms with Crippen LogP contribution in [0.4, 0.5) is 0 Å². The lowest BCUT2D eigenvalue weighted by molar-refractivity contribution is -0.122. The van der Waals surface area contributed by atoms with E-state index in [1.165, 1.54) is 0 Å². The molecule has 0 saturated carbocycles. The number of hydrogen-bond acceptors (Lipinski definition) is 4. The summed E-state index contributed by atoms with van der Waals surface area (Å²) in [6, 6.07) is 0.743. The van der Waals surface area contributed by atoms with Crippen LogP contribution in [0, 0.1) is 17.2 Å². The first-order valence-corrected chi connectivity index (χ1v) is 4.93. The van der Waals surface area contributed by atoms with Gasteiger partial charge in [-0.3, -0.25) is 19.1 Å². The topological polar surface area (TPSA) is 122 Å². The number of nitrogens with zero attached hydrogens (tertiary/aromatic N) is 2. The molecule has 1 aromatic rings. The molecule has 1 aromatic heterocycles. The third kappa shape index (κ3) is 2.42. The summed E-state index contributed by atoms with van der Waals surface area (Å²) in [6.07, 6.45) is 1.05. The minimum absolute atomic E-state index is 0.234. The second kappa shape index (κ2) is 4.65. The third-order valence-electron chi connectivity index (χ3n) is 2.31. The van der Waals surface area contributed by atoms with Crippen LogP contribution in [0.5, 0.6) is 0 Å². The van der Waals surface area contributed by atoms with Gasteiger partial charge in [-0.05, 0) is 5.92 Å². The van der Waals surface area contributed by atoms with Crippen molar-refractivity contribution in [3.8, 4) is 6.07 Å².